The highest BCUT2D eigenvalue weighted by molar-refractivity contribution is 7.92. The fourth-order valence-corrected chi connectivity index (χ4v) is 4.89. The second kappa shape index (κ2) is 12.4. The van der Waals surface area contributed by atoms with Gasteiger partial charge in [0.1, 0.15) is 6.04 Å². The van der Waals surface area contributed by atoms with E-state index in [1.54, 1.807) is 31.2 Å². The molecule has 2 amide bonds. The van der Waals surface area contributed by atoms with Crippen molar-refractivity contribution in [2.75, 3.05) is 24.2 Å². The first-order valence-corrected chi connectivity index (χ1v) is 13.4. The van der Waals surface area contributed by atoms with Gasteiger partial charge in [-0.1, -0.05) is 42.8 Å². The number of likely N-dealkylation sites (N-methyl/N-ethyl adjacent to an activating group) is 1. The summed E-state index contributed by atoms with van der Waals surface area (Å²) in [6.07, 6.45) is -3.54. The Morgan fingerprint density at radius 3 is 2.33 bits per heavy atom. The number of nitrogens with zero attached hydrogens (tertiary/aromatic N) is 2. The molecule has 0 saturated heterocycles. The molecule has 1 atom stereocenters. The average Bonchev–Trinajstić information content (AvgIpc) is 2.81. The Hall–Kier alpha value is -2.79. The van der Waals surface area contributed by atoms with E-state index in [-0.39, 0.29) is 37.5 Å². The fourth-order valence-electron chi connectivity index (χ4n) is 3.74. The SMILES string of the molecule is CCC(C(=O)NC)N(Cc1ccccc1Cl)C(=O)CCCN(c1cccc(C(F)(F)F)c1)S(C)(=O)=O. The van der Waals surface area contributed by atoms with Crippen LogP contribution in [0.5, 0.6) is 0 Å². The Kier molecular flexibility index (Phi) is 10.2. The van der Waals surface area contributed by atoms with E-state index in [1.807, 2.05) is 0 Å². The maximum Gasteiger partial charge on any atom is 0.416 e. The number of carbonyl (C=O) groups excluding carboxylic acids is 2. The molecule has 0 saturated carbocycles. The number of anilines is 1. The van der Waals surface area contributed by atoms with Crippen molar-refractivity contribution >= 4 is 39.1 Å². The van der Waals surface area contributed by atoms with Gasteiger partial charge in [0.15, 0.2) is 0 Å². The lowest BCUT2D eigenvalue weighted by Crippen LogP contribution is -2.48. The van der Waals surface area contributed by atoms with Gasteiger partial charge in [-0.15, -0.1) is 0 Å². The lowest BCUT2D eigenvalue weighted by molar-refractivity contribution is -0.141. The molecule has 2 aromatic rings. The van der Waals surface area contributed by atoms with Gasteiger partial charge in [0.25, 0.3) is 0 Å². The van der Waals surface area contributed by atoms with Crippen LogP contribution in [0.15, 0.2) is 48.5 Å². The van der Waals surface area contributed by atoms with Crippen LogP contribution >= 0.6 is 11.6 Å². The minimum atomic E-state index is -4.64. The molecule has 1 N–H and O–H groups in total. The van der Waals surface area contributed by atoms with Crippen LogP contribution in [-0.4, -0.2) is 51.0 Å². The van der Waals surface area contributed by atoms with E-state index in [1.165, 1.54) is 18.0 Å². The van der Waals surface area contributed by atoms with Crippen molar-refractivity contribution in [2.45, 2.75) is 44.9 Å². The first-order chi connectivity index (χ1) is 16.8. The molecule has 0 fully saturated rings. The Bertz CT molecular complexity index is 1180. The van der Waals surface area contributed by atoms with Gasteiger partial charge in [-0.25, -0.2) is 8.42 Å². The van der Waals surface area contributed by atoms with E-state index in [4.69, 9.17) is 11.6 Å². The number of alkyl halides is 3. The van der Waals surface area contributed by atoms with E-state index >= 15 is 0 Å². The van der Waals surface area contributed by atoms with Crippen LogP contribution in [0.4, 0.5) is 18.9 Å². The van der Waals surface area contributed by atoms with Crippen LogP contribution in [0, 0.1) is 0 Å². The van der Waals surface area contributed by atoms with E-state index in [0.717, 1.165) is 28.8 Å². The van der Waals surface area contributed by atoms with Crippen molar-refractivity contribution in [3.05, 3.63) is 64.7 Å². The number of halogens is 4. The van der Waals surface area contributed by atoms with Gasteiger partial charge in [-0.05, 0) is 42.7 Å². The predicted molar refractivity (Wildman–Crippen MR) is 133 cm³/mol. The first kappa shape index (κ1) is 29.4. The quantitative estimate of drug-likeness (QED) is 0.450. The minimum Gasteiger partial charge on any atom is -0.357 e. The predicted octanol–water partition coefficient (Wildman–Crippen LogP) is 4.46. The largest absolute Gasteiger partial charge is 0.416 e. The van der Waals surface area contributed by atoms with Gasteiger partial charge in [-0.2, -0.15) is 13.2 Å². The lowest BCUT2D eigenvalue weighted by atomic mass is 10.1. The third-order valence-electron chi connectivity index (χ3n) is 5.54. The van der Waals surface area contributed by atoms with Crippen LogP contribution in [0.2, 0.25) is 5.02 Å². The van der Waals surface area contributed by atoms with E-state index in [2.05, 4.69) is 5.32 Å². The van der Waals surface area contributed by atoms with Crippen LogP contribution in [0.3, 0.4) is 0 Å². The second-order valence-electron chi connectivity index (χ2n) is 8.14. The molecule has 0 aliphatic heterocycles. The van der Waals surface area contributed by atoms with E-state index in [9.17, 15) is 31.2 Å². The molecule has 0 aliphatic carbocycles. The normalized spacial score (nSPS) is 12.6. The standard InChI is InChI=1S/C24H29ClF3N3O4S/c1-4-21(23(33)29-2)30(16-17-9-5-6-12-20(17)25)22(32)13-8-14-31(36(3,34)35)19-11-7-10-18(15-19)24(26,27)28/h5-7,9-12,15,21H,4,8,13-14,16H2,1-3H3,(H,29,33). The highest BCUT2D eigenvalue weighted by atomic mass is 35.5. The molecule has 1 unspecified atom stereocenters. The summed E-state index contributed by atoms with van der Waals surface area (Å²) in [6, 6.07) is 10.1. The van der Waals surface area contributed by atoms with Crippen LogP contribution in [0.25, 0.3) is 0 Å². The van der Waals surface area contributed by atoms with Gasteiger partial charge in [-0.3, -0.25) is 13.9 Å². The minimum absolute atomic E-state index is 0.0192. The van der Waals surface area contributed by atoms with E-state index in [0.29, 0.717) is 17.0 Å². The number of hydrogen-bond donors (Lipinski definition) is 1. The summed E-state index contributed by atoms with van der Waals surface area (Å²) >= 11 is 6.25. The summed E-state index contributed by atoms with van der Waals surface area (Å²) in [4.78, 5) is 27.1. The van der Waals surface area contributed by atoms with Crippen molar-refractivity contribution in [2.24, 2.45) is 0 Å². The molecule has 0 bridgehead atoms. The Morgan fingerprint density at radius 2 is 1.78 bits per heavy atom. The third kappa shape index (κ3) is 7.86. The lowest BCUT2D eigenvalue weighted by Gasteiger charge is -2.31. The van der Waals surface area contributed by atoms with Gasteiger partial charge >= 0.3 is 6.18 Å². The first-order valence-electron chi connectivity index (χ1n) is 11.2. The summed E-state index contributed by atoms with van der Waals surface area (Å²) in [6.45, 7) is 1.60. The number of nitrogens with one attached hydrogen (secondary N) is 1. The highest BCUT2D eigenvalue weighted by Gasteiger charge is 2.32. The van der Waals surface area contributed by atoms with Gasteiger partial charge in [0, 0.05) is 31.6 Å². The Balaban J connectivity index is 2.24. The van der Waals surface area contributed by atoms with Gasteiger partial charge in [0.05, 0.1) is 17.5 Å². The molecule has 7 nitrogen and oxygen atoms in total. The summed E-state index contributed by atoms with van der Waals surface area (Å²) in [5.41, 5.74) is -0.493. The van der Waals surface area contributed by atoms with Crippen molar-refractivity contribution in [3.63, 3.8) is 0 Å². The molecule has 0 aliphatic rings. The van der Waals surface area contributed by atoms with Crippen molar-refractivity contribution in [3.8, 4) is 0 Å². The molecule has 2 rings (SSSR count). The van der Waals surface area contributed by atoms with E-state index < -0.39 is 33.7 Å². The molecule has 2 aromatic carbocycles. The molecule has 36 heavy (non-hydrogen) atoms. The molecule has 0 aromatic heterocycles. The number of benzene rings is 2. The maximum absolute atomic E-state index is 13.2. The number of hydrogen-bond acceptors (Lipinski definition) is 4. The zero-order valence-electron chi connectivity index (χ0n) is 20.2. The van der Waals surface area contributed by atoms with Crippen LogP contribution < -0.4 is 9.62 Å². The van der Waals surface area contributed by atoms with Crippen molar-refractivity contribution in [1.29, 1.82) is 0 Å². The second-order valence-corrected chi connectivity index (χ2v) is 10.5. The molecule has 12 heteroatoms. The van der Waals surface area contributed by atoms with Crippen molar-refractivity contribution in [1.82, 2.24) is 10.2 Å². The topological polar surface area (TPSA) is 86.8 Å². The third-order valence-corrected chi connectivity index (χ3v) is 7.11. The summed E-state index contributed by atoms with van der Waals surface area (Å²) in [5, 5.41) is 2.97. The van der Waals surface area contributed by atoms with Gasteiger partial charge in [0.2, 0.25) is 21.8 Å². The summed E-state index contributed by atoms with van der Waals surface area (Å²) in [7, 11) is -2.47. The molecular formula is C24H29ClF3N3O4S. The Morgan fingerprint density at radius 1 is 1.11 bits per heavy atom. The maximum atomic E-state index is 13.2. The monoisotopic (exact) mass is 547 g/mol. The average molecular weight is 548 g/mol. The smallest absolute Gasteiger partial charge is 0.357 e. The number of carbonyl (C=O) groups is 2. The zero-order chi connectivity index (χ0) is 27.1. The fraction of sp³-hybridized carbons (Fsp3) is 0.417. The molecule has 0 heterocycles. The number of sulfonamides is 1. The number of rotatable bonds is 11. The van der Waals surface area contributed by atoms with Gasteiger partial charge < -0.3 is 10.2 Å². The summed E-state index contributed by atoms with van der Waals surface area (Å²) in [5.74, 6) is -0.775. The zero-order valence-corrected chi connectivity index (χ0v) is 21.8. The Labute approximate surface area is 214 Å². The van der Waals surface area contributed by atoms with Crippen LogP contribution in [-0.2, 0) is 32.3 Å². The summed E-state index contributed by atoms with van der Waals surface area (Å²) < 4.78 is 64.9. The number of amides is 2. The molecule has 198 valence electrons. The van der Waals surface area contributed by atoms with Crippen molar-refractivity contribution < 1.29 is 31.2 Å². The van der Waals surface area contributed by atoms with Crippen LogP contribution in [0.1, 0.15) is 37.3 Å². The molecule has 0 spiro atoms. The molecular weight excluding hydrogens is 519 g/mol. The highest BCUT2D eigenvalue weighted by Crippen LogP contribution is 2.32. The molecule has 0 radical (unpaired) electrons.